The molecule has 38 heavy (non-hydrogen) atoms. The van der Waals surface area contributed by atoms with Crippen molar-refractivity contribution in [3.63, 3.8) is 0 Å². The molecule has 0 unspecified atom stereocenters. The summed E-state index contributed by atoms with van der Waals surface area (Å²) in [6, 6.07) is 6.19. The molecular formula is C26H34FN7O3S. The van der Waals surface area contributed by atoms with Crippen molar-refractivity contribution < 1.29 is 17.9 Å². The summed E-state index contributed by atoms with van der Waals surface area (Å²) in [5, 5.41) is 15.1. The molecule has 12 heteroatoms. The summed E-state index contributed by atoms with van der Waals surface area (Å²) in [6.45, 7) is 7.50. The van der Waals surface area contributed by atoms with Crippen LogP contribution in [0.4, 0.5) is 27.8 Å². The van der Waals surface area contributed by atoms with E-state index < -0.39 is 21.6 Å². The highest BCUT2D eigenvalue weighted by Gasteiger charge is 2.40. The number of aromatic nitrogens is 4. The van der Waals surface area contributed by atoms with Crippen molar-refractivity contribution in [3.05, 3.63) is 36.3 Å². The predicted octanol–water partition coefficient (Wildman–Crippen LogP) is 3.07. The van der Waals surface area contributed by atoms with Crippen molar-refractivity contribution in [3.8, 4) is 0 Å². The lowest BCUT2D eigenvalue weighted by molar-refractivity contribution is -0.00860. The van der Waals surface area contributed by atoms with E-state index in [0.29, 0.717) is 43.8 Å². The van der Waals surface area contributed by atoms with Gasteiger partial charge in [-0.15, -0.1) is 0 Å². The molecule has 2 saturated heterocycles. The average molecular weight is 544 g/mol. The molecule has 0 aliphatic carbocycles. The van der Waals surface area contributed by atoms with E-state index in [4.69, 9.17) is 0 Å². The molecule has 2 aromatic heterocycles. The summed E-state index contributed by atoms with van der Waals surface area (Å²) in [5.41, 5.74) is 0.468. The lowest BCUT2D eigenvalue weighted by Crippen LogP contribution is -2.52. The van der Waals surface area contributed by atoms with Crippen LogP contribution in [-0.4, -0.2) is 83.4 Å². The molecule has 2 aliphatic rings. The normalized spacial score (nSPS) is 22.7. The number of anilines is 4. The third-order valence-electron chi connectivity index (χ3n) is 7.32. The van der Waals surface area contributed by atoms with E-state index in [0.717, 1.165) is 16.5 Å². The van der Waals surface area contributed by atoms with Crippen molar-refractivity contribution in [1.82, 2.24) is 19.9 Å². The standard InChI is InChI=1S/C26H34FN7O3S/c1-16(2)18-5-6-21(34-11-17(12-34)13-38(4,36)37)20-10-28-23(9-19(18)20)31-24-29-15-30-25(32-24)33-8-7-22(35)26(3,27)14-33/h5-6,9-10,15-17,22,35H,7-8,11-14H2,1-4H3,(H,28,29,30,31,32)/t22-,26+/m1/s1. The minimum absolute atomic E-state index is 0.00604. The fraction of sp³-hybridized carbons (Fsp3) is 0.538. The van der Waals surface area contributed by atoms with Crippen molar-refractivity contribution in [2.45, 2.75) is 44.9 Å². The van der Waals surface area contributed by atoms with E-state index >= 15 is 0 Å². The Bertz CT molecular complexity index is 1440. The van der Waals surface area contributed by atoms with Crippen LogP contribution >= 0.6 is 0 Å². The van der Waals surface area contributed by atoms with Crippen LogP contribution in [-0.2, 0) is 9.84 Å². The quantitative estimate of drug-likeness (QED) is 0.459. The first-order valence-corrected chi connectivity index (χ1v) is 14.9. The number of hydrogen-bond donors (Lipinski definition) is 2. The molecular weight excluding hydrogens is 509 g/mol. The van der Waals surface area contributed by atoms with Crippen LogP contribution in [0, 0.1) is 5.92 Å². The van der Waals surface area contributed by atoms with Gasteiger partial charge < -0.3 is 20.2 Å². The highest BCUT2D eigenvalue weighted by Crippen LogP contribution is 2.37. The van der Waals surface area contributed by atoms with E-state index in [1.807, 2.05) is 12.3 Å². The molecule has 5 rings (SSSR count). The van der Waals surface area contributed by atoms with Gasteiger partial charge in [-0.1, -0.05) is 19.9 Å². The second-order valence-electron chi connectivity index (χ2n) is 11.0. The monoisotopic (exact) mass is 543 g/mol. The number of fused-ring (bicyclic) bond motifs is 1. The fourth-order valence-corrected chi connectivity index (χ4v) is 6.38. The third kappa shape index (κ3) is 5.51. The number of alkyl halides is 1. The van der Waals surface area contributed by atoms with Gasteiger partial charge in [0, 0.05) is 49.1 Å². The minimum atomic E-state index is -3.00. The van der Waals surface area contributed by atoms with E-state index in [-0.39, 0.29) is 24.1 Å². The smallest absolute Gasteiger partial charge is 0.233 e. The van der Waals surface area contributed by atoms with Gasteiger partial charge in [0.1, 0.15) is 22.0 Å². The SMILES string of the molecule is CC(C)c1ccc(N2CC(CS(C)(=O)=O)C2)c2cnc(Nc3ncnc(N4CC[C@@H](O)[C@@](C)(F)C4)n3)cc12. The topological polar surface area (TPSA) is 124 Å². The Morgan fingerprint density at radius 1 is 1.18 bits per heavy atom. The molecule has 2 fully saturated rings. The van der Waals surface area contributed by atoms with Gasteiger partial charge in [-0.25, -0.2) is 27.8 Å². The van der Waals surface area contributed by atoms with Crippen LogP contribution in [0.5, 0.6) is 0 Å². The van der Waals surface area contributed by atoms with E-state index in [2.05, 4.69) is 56.1 Å². The van der Waals surface area contributed by atoms with Crippen molar-refractivity contribution in [2.75, 3.05) is 53.3 Å². The maximum atomic E-state index is 14.7. The molecule has 3 aromatic rings. The summed E-state index contributed by atoms with van der Waals surface area (Å²) >= 11 is 0. The van der Waals surface area contributed by atoms with Gasteiger partial charge in [0.25, 0.3) is 0 Å². The van der Waals surface area contributed by atoms with Crippen LogP contribution in [0.15, 0.2) is 30.7 Å². The Hall–Kier alpha value is -3.12. The molecule has 0 spiro atoms. The number of aliphatic hydroxyl groups excluding tert-OH is 1. The third-order valence-corrected chi connectivity index (χ3v) is 8.40. The number of sulfone groups is 1. The number of aliphatic hydroxyl groups is 1. The Morgan fingerprint density at radius 3 is 2.63 bits per heavy atom. The molecule has 10 nitrogen and oxygen atoms in total. The molecule has 0 radical (unpaired) electrons. The molecule has 0 amide bonds. The maximum absolute atomic E-state index is 14.7. The lowest BCUT2D eigenvalue weighted by atomic mass is 9.93. The maximum Gasteiger partial charge on any atom is 0.233 e. The van der Waals surface area contributed by atoms with Gasteiger partial charge in [-0.05, 0) is 42.3 Å². The molecule has 1 aromatic carbocycles. The summed E-state index contributed by atoms with van der Waals surface area (Å²) < 4.78 is 38.0. The number of nitrogens with zero attached hydrogens (tertiary/aromatic N) is 6. The predicted molar refractivity (Wildman–Crippen MR) is 147 cm³/mol. The largest absolute Gasteiger partial charge is 0.390 e. The number of benzene rings is 1. The van der Waals surface area contributed by atoms with Crippen LogP contribution in [0.3, 0.4) is 0 Å². The fourth-order valence-electron chi connectivity index (χ4n) is 5.32. The zero-order valence-corrected chi connectivity index (χ0v) is 22.9. The van der Waals surface area contributed by atoms with Crippen LogP contribution < -0.4 is 15.1 Å². The molecule has 4 heterocycles. The van der Waals surface area contributed by atoms with Gasteiger partial charge in [0.2, 0.25) is 11.9 Å². The van der Waals surface area contributed by atoms with Crippen molar-refractivity contribution >= 4 is 44.0 Å². The van der Waals surface area contributed by atoms with Gasteiger partial charge in [-0.3, -0.25) is 0 Å². The molecule has 0 saturated carbocycles. The second-order valence-corrected chi connectivity index (χ2v) is 13.2. The summed E-state index contributed by atoms with van der Waals surface area (Å²) in [7, 11) is -3.00. The Balaban J connectivity index is 1.39. The van der Waals surface area contributed by atoms with Gasteiger partial charge in [-0.2, -0.15) is 4.98 Å². The van der Waals surface area contributed by atoms with Gasteiger partial charge in [0.15, 0.2) is 5.67 Å². The van der Waals surface area contributed by atoms with E-state index in [1.165, 1.54) is 25.1 Å². The minimum Gasteiger partial charge on any atom is -0.390 e. The lowest BCUT2D eigenvalue weighted by Gasteiger charge is -2.41. The summed E-state index contributed by atoms with van der Waals surface area (Å²) in [5.74, 6) is 1.82. The zero-order valence-electron chi connectivity index (χ0n) is 22.1. The Morgan fingerprint density at radius 2 is 1.95 bits per heavy atom. The van der Waals surface area contributed by atoms with Crippen LogP contribution in [0.2, 0.25) is 0 Å². The Labute approximate surface area is 222 Å². The highest BCUT2D eigenvalue weighted by molar-refractivity contribution is 7.90. The van der Waals surface area contributed by atoms with Crippen molar-refractivity contribution in [1.29, 1.82) is 0 Å². The molecule has 2 N–H and O–H groups in total. The van der Waals surface area contributed by atoms with E-state index in [1.54, 1.807) is 4.90 Å². The first-order valence-electron chi connectivity index (χ1n) is 12.8. The average Bonchev–Trinajstić information content (AvgIpc) is 2.81. The zero-order chi connectivity index (χ0) is 27.2. The van der Waals surface area contributed by atoms with Crippen LogP contribution in [0.1, 0.15) is 38.7 Å². The first kappa shape index (κ1) is 26.5. The molecule has 0 bridgehead atoms. The molecule has 204 valence electrons. The highest BCUT2D eigenvalue weighted by atomic mass is 32.2. The number of pyridine rings is 1. The molecule has 2 atom stereocenters. The number of halogens is 1. The number of nitrogens with one attached hydrogen (secondary N) is 1. The summed E-state index contributed by atoms with van der Waals surface area (Å²) in [4.78, 5) is 21.4. The number of hydrogen-bond acceptors (Lipinski definition) is 10. The molecule has 2 aliphatic heterocycles. The number of piperidine rings is 1. The second kappa shape index (κ2) is 9.88. The van der Waals surface area contributed by atoms with Gasteiger partial charge >= 0.3 is 0 Å². The van der Waals surface area contributed by atoms with Crippen LogP contribution in [0.25, 0.3) is 10.8 Å². The summed E-state index contributed by atoms with van der Waals surface area (Å²) in [6.07, 6.45) is 3.76. The van der Waals surface area contributed by atoms with Gasteiger partial charge in [0.05, 0.1) is 18.4 Å². The first-order chi connectivity index (χ1) is 17.9. The van der Waals surface area contributed by atoms with Crippen molar-refractivity contribution in [2.24, 2.45) is 5.92 Å². The Kier molecular flexibility index (Phi) is 6.89. The number of rotatable bonds is 7. The van der Waals surface area contributed by atoms with E-state index in [9.17, 15) is 17.9 Å².